The van der Waals surface area contributed by atoms with Crippen molar-refractivity contribution in [2.45, 2.75) is 6.42 Å². The van der Waals surface area contributed by atoms with Crippen molar-refractivity contribution in [3.8, 4) is 23.0 Å². The molecule has 0 spiro atoms. The summed E-state index contributed by atoms with van der Waals surface area (Å²) in [7, 11) is 1.55. The van der Waals surface area contributed by atoms with Crippen LogP contribution in [0, 0.1) is 0 Å². The summed E-state index contributed by atoms with van der Waals surface area (Å²) in [5.74, 6) is 1.48. The first-order valence-corrected chi connectivity index (χ1v) is 4.57. The molecular formula is C11H12O4. The van der Waals surface area contributed by atoms with Crippen LogP contribution in [0.1, 0.15) is 5.56 Å². The van der Waals surface area contributed by atoms with Crippen LogP contribution in [0.5, 0.6) is 23.0 Å². The third kappa shape index (κ3) is 1.48. The molecule has 1 aromatic carbocycles. The second kappa shape index (κ2) is 3.73. The van der Waals surface area contributed by atoms with E-state index >= 15 is 0 Å². The monoisotopic (exact) mass is 208 g/mol. The van der Waals surface area contributed by atoms with Gasteiger partial charge in [-0.05, 0) is 12.5 Å². The molecule has 0 aromatic heterocycles. The minimum absolute atomic E-state index is 0.100. The standard InChI is InChI=1S/C11H12O4/c1-3-4-7-5-8(13-2)10-11(9(7)12)15-6-14-10/h3,5,12H,1,4,6H2,2H3. The third-order valence-electron chi connectivity index (χ3n) is 2.25. The van der Waals surface area contributed by atoms with Gasteiger partial charge in [-0.1, -0.05) is 6.08 Å². The fraction of sp³-hybridized carbons (Fsp3) is 0.273. The van der Waals surface area contributed by atoms with Crippen LogP contribution in [0.25, 0.3) is 0 Å². The molecule has 1 aliphatic heterocycles. The van der Waals surface area contributed by atoms with Crippen molar-refractivity contribution in [2.75, 3.05) is 13.9 Å². The van der Waals surface area contributed by atoms with E-state index in [0.717, 1.165) is 0 Å². The maximum Gasteiger partial charge on any atom is 0.231 e. The Balaban J connectivity index is 2.55. The molecule has 0 radical (unpaired) electrons. The van der Waals surface area contributed by atoms with Crippen molar-refractivity contribution in [3.63, 3.8) is 0 Å². The average Bonchev–Trinajstić information content (AvgIpc) is 2.71. The molecule has 4 nitrogen and oxygen atoms in total. The molecule has 0 saturated heterocycles. The summed E-state index contributed by atoms with van der Waals surface area (Å²) in [6.07, 6.45) is 2.26. The largest absolute Gasteiger partial charge is 0.504 e. The van der Waals surface area contributed by atoms with E-state index in [-0.39, 0.29) is 12.5 Å². The van der Waals surface area contributed by atoms with Crippen LogP contribution in [0.4, 0.5) is 0 Å². The van der Waals surface area contributed by atoms with E-state index in [1.165, 1.54) is 0 Å². The first-order chi connectivity index (χ1) is 7.27. The maximum absolute atomic E-state index is 9.85. The van der Waals surface area contributed by atoms with Crippen molar-refractivity contribution in [2.24, 2.45) is 0 Å². The van der Waals surface area contributed by atoms with Gasteiger partial charge in [-0.2, -0.15) is 0 Å². The number of fused-ring (bicyclic) bond motifs is 1. The quantitative estimate of drug-likeness (QED) is 0.770. The number of aromatic hydroxyl groups is 1. The van der Waals surface area contributed by atoms with E-state index in [4.69, 9.17) is 14.2 Å². The van der Waals surface area contributed by atoms with E-state index < -0.39 is 0 Å². The molecule has 1 aromatic rings. The molecule has 0 saturated carbocycles. The van der Waals surface area contributed by atoms with Gasteiger partial charge in [0, 0.05) is 5.56 Å². The average molecular weight is 208 g/mol. The van der Waals surface area contributed by atoms with Gasteiger partial charge < -0.3 is 19.3 Å². The smallest absolute Gasteiger partial charge is 0.231 e. The fourth-order valence-electron chi connectivity index (χ4n) is 1.54. The number of ether oxygens (including phenoxy) is 3. The first-order valence-electron chi connectivity index (χ1n) is 4.57. The number of benzene rings is 1. The van der Waals surface area contributed by atoms with Crippen LogP contribution in [0.3, 0.4) is 0 Å². The lowest BCUT2D eigenvalue weighted by Gasteiger charge is -2.09. The van der Waals surface area contributed by atoms with Gasteiger partial charge in [0.1, 0.15) is 0 Å². The summed E-state index contributed by atoms with van der Waals surface area (Å²) in [4.78, 5) is 0. The number of allylic oxidation sites excluding steroid dienone is 1. The fourth-order valence-corrected chi connectivity index (χ4v) is 1.54. The zero-order valence-electron chi connectivity index (χ0n) is 8.45. The molecule has 1 heterocycles. The molecule has 0 aliphatic carbocycles. The zero-order valence-corrected chi connectivity index (χ0v) is 8.45. The van der Waals surface area contributed by atoms with Crippen molar-refractivity contribution in [1.82, 2.24) is 0 Å². The lowest BCUT2D eigenvalue weighted by Crippen LogP contribution is -1.93. The molecule has 0 unspecified atom stereocenters. The number of rotatable bonds is 3. The highest BCUT2D eigenvalue weighted by molar-refractivity contribution is 5.63. The van der Waals surface area contributed by atoms with Gasteiger partial charge in [-0.15, -0.1) is 6.58 Å². The minimum atomic E-state index is 0.100. The molecule has 15 heavy (non-hydrogen) atoms. The normalized spacial score (nSPS) is 12.6. The van der Waals surface area contributed by atoms with E-state index in [9.17, 15) is 5.11 Å². The second-order valence-electron chi connectivity index (χ2n) is 3.14. The topological polar surface area (TPSA) is 47.9 Å². The summed E-state index contributed by atoms with van der Waals surface area (Å²) in [6.45, 7) is 3.73. The third-order valence-corrected chi connectivity index (χ3v) is 2.25. The molecule has 80 valence electrons. The molecule has 2 rings (SSSR count). The van der Waals surface area contributed by atoms with Gasteiger partial charge in [-0.25, -0.2) is 0 Å². The molecule has 1 aliphatic rings. The molecule has 4 heteroatoms. The van der Waals surface area contributed by atoms with Crippen molar-refractivity contribution < 1.29 is 19.3 Å². The summed E-state index contributed by atoms with van der Waals surface area (Å²) < 4.78 is 15.5. The zero-order chi connectivity index (χ0) is 10.8. The highest BCUT2D eigenvalue weighted by Crippen LogP contribution is 2.48. The maximum atomic E-state index is 9.85. The van der Waals surface area contributed by atoms with Crippen LogP contribution < -0.4 is 14.2 Å². The number of hydrogen-bond donors (Lipinski definition) is 1. The number of phenols is 1. The Morgan fingerprint density at radius 3 is 2.93 bits per heavy atom. The Bertz CT molecular complexity index is 398. The summed E-state index contributed by atoms with van der Waals surface area (Å²) in [5.41, 5.74) is 0.714. The van der Waals surface area contributed by atoms with E-state index in [1.54, 1.807) is 19.3 Å². The number of methoxy groups -OCH3 is 1. The van der Waals surface area contributed by atoms with Crippen molar-refractivity contribution in [1.29, 1.82) is 0 Å². The minimum Gasteiger partial charge on any atom is -0.504 e. The molecule has 0 atom stereocenters. The van der Waals surface area contributed by atoms with Crippen molar-refractivity contribution >= 4 is 0 Å². The van der Waals surface area contributed by atoms with E-state index in [0.29, 0.717) is 29.2 Å². The van der Waals surface area contributed by atoms with Crippen LogP contribution in [0.2, 0.25) is 0 Å². The Kier molecular flexibility index (Phi) is 2.41. The van der Waals surface area contributed by atoms with Gasteiger partial charge in [0.25, 0.3) is 0 Å². The van der Waals surface area contributed by atoms with Gasteiger partial charge >= 0.3 is 0 Å². The summed E-state index contributed by atoms with van der Waals surface area (Å²) >= 11 is 0. The molecule has 0 bridgehead atoms. The van der Waals surface area contributed by atoms with E-state index in [1.807, 2.05) is 0 Å². The summed E-state index contributed by atoms with van der Waals surface area (Å²) in [5, 5.41) is 9.85. The highest BCUT2D eigenvalue weighted by Gasteiger charge is 2.25. The predicted octanol–water partition coefficient (Wildman–Crippen LogP) is 1.86. The SMILES string of the molecule is C=CCc1cc(OC)c2c(c1O)OCO2. The number of phenolic OH excluding ortho intramolecular Hbond substituents is 1. The Morgan fingerprint density at radius 2 is 2.27 bits per heavy atom. The van der Waals surface area contributed by atoms with Gasteiger partial charge in [0.15, 0.2) is 11.5 Å². The van der Waals surface area contributed by atoms with Crippen LogP contribution in [0.15, 0.2) is 18.7 Å². The van der Waals surface area contributed by atoms with Crippen LogP contribution in [-0.2, 0) is 6.42 Å². The number of hydrogen-bond acceptors (Lipinski definition) is 4. The molecule has 1 N–H and O–H groups in total. The molecular weight excluding hydrogens is 196 g/mol. The van der Waals surface area contributed by atoms with Crippen LogP contribution >= 0.6 is 0 Å². The van der Waals surface area contributed by atoms with E-state index in [2.05, 4.69) is 6.58 Å². The van der Waals surface area contributed by atoms with Crippen molar-refractivity contribution in [3.05, 3.63) is 24.3 Å². The van der Waals surface area contributed by atoms with Gasteiger partial charge in [-0.3, -0.25) is 0 Å². The lowest BCUT2D eigenvalue weighted by atomic mass is 10.1. The second-order valence-corrected chi connectivity index (χ2v) is 3.14. The molecule has 0 fully saturated rings. The van der Waals surface area contributed by atoms with Crippen LogP contribution in [-0.4, -0.2) is 19.0 Å². The first kappa shape index (κ1) is 9.71. The lowest BCUT2D eigenvalue weighted by molar-refractivity contribution is 0.169. The predicted molar refractivity (Wildman–Crippen MR) is 54.7 cm³/mol. The van der Waals surface area contributed by atoms with Gasteiger partial charge in [0.05, 0.1) is 7.11 Å². The highest BCUT2D eigenvalue weighted by atomic mass is 16.7. The van der Waals surface area contributed by atoms with Gasteiger partial charge in [0.2, 0.25) is 18.3 Å². The molecule has 0 amide bonds. The Morgan fingerprint density at radius 1 is 1.53 bits per heavy atom. The Hall–Kier alpha value is -1.84. The Labute approximate surface area is 87.7 Å². The summed E-state index contributed by atoms with van der Waals surface area (Å²) in [6, 6.07) is 1.73.